The summed E-state index contributed by atoms with van der Waals surface area (Å²) in [7, 11) is 2.63. The van der Waals surface area contributed by atoms with Crippen molar-refractivity contribution in [2.24, 2.45) is 9.98 Å². The van der Waals surface area contributed by atoms with Crippen LogP contribution >= 0.6 is 0 Å². The quantitative estimate of drug-likeness (QED) is 0.296. The Hall–Kier alpha value is -3.89. The first-order chi connectivity index (χ1) is 19.1. The molecule has 40 heavy (non-hydrogen) atoms. The monoisotopic (exact) mass is 555 g/mol. The Labute approximate surface area is 229 Å². The van der Waals surface area contributed by atoms with Crippen LogP contribution in [0.4, 0.5) is 17.6 Å². The van der Waals surface area contributed by atoms with E-state index in [1.54, 1.807) is 49.5 Å². The molecule has 210 valence electrons. The molecule has 1 aliphatic carbocycles. The zero-order chi connectivity index (χ0) is 28.9. The number of aliphatic imine (C=N–C) groups is 2. The second-order valence-corrected chi connectivity index (χ2v) is 9.61. The number of aliphatic hydroxyl groups excluding tert-OH is 1. The molecule has 0 saturated heterocycles. The zero-order valence-electron chi connectivity index (χ0n) is 22.1. The molecule has 2 aliphatic rings. The number of benzene rings is 2. The molecule has 2 aromatic rings. The molecule has 1 atom stereocenters. The minimum Gasteiger partial charge on any atom is -0.363 e. The third-order valence-electron chi connectivity index (χ3n) is 6.50. The van der Waals surface area contributed by atoms with Crippen molar-refractivity contribution in [3.63, 3.8) is 0 Å². The molecule has 0 radical (unpaired) electrons. The van der Waals surface area contributed by atoms with E-state index in [0.717, 1.165) is 12.7 Å². The van der Waals surface area contributed by atoms with Gasteiger partial charge in [-0.2, -0.15) is 0 Å². The largest absolute Gasteiger partial charge is 0.363 e. The maximum absolute atomic E-state index is 14.2. The SMILES string of the molecule is COC(O)C(F)(F)CCCC1=C(c2ccc(F)cc2)N=C2C=CC(C(=O)N(C)Cc3ccc(F)cc3)=CC(=N1)C2. The average molecular weight is 556 g/mol. The van der Waals surface area contributed by atoms with E-state index >= 15 is 0 Å². The van der Waals surface area contributed by atoms with Gasteiger partial charge in [0.2, 0.25) is 6.29 Å². The van der Waals surface area contributed by atoms with Gasteiger partial charge in [0.25, 0.3) is 11.8 Å². The number of carbonyl (C=O) groups excluding carboxylic acids is 1. The molecule has 0 fully saturated rings. The fraction of sp³-hybridized carbons (Fsp3) is 0.300. The van der Waals surface area contributed by atoms with E-state index in [4.69, 9.17) is 9.98 Å². The number of nitrogens with zero attached hydrogens (tertiary/aromatic N) is 3. The van der Waals surface area contributed by atoms with E-state index in [1.165, 1.54) is 29.2 Å². The highest BCUT2D eigenvalue weighted by Gasteiger charge is 2.38. The Morgan fingerprint density at radius 2 is 1.68 bits per heavy atom. The second kappa shape index (κ2) is 12.5. The number of allylic oxidation sites excluding steroid dienone is 3. The number of rotatable bonds is 10. The van der Waals surface area contributed by atoms with Crippen molar-refractivity contribution < 1.29 is 32.2 Å². The van der Waals surface area contributed by atoms with Gasteiger partial charge >= 0.3 is 0 Å². The fourth-order valence-electron chi connectivity index (χ4n) is 4.38. The smallest absolute Gasteiger partial charge is 0.297 e. The zero-order valence-corrected chi connectivity index (χ0v) is 22.1. The molecule has 1 heterocycles. The van der Waals surface area contributed by atoms with Gasteiger partial charge in [0.15, 0.2) is 0 Å². The molecule has 2 aromatic carbocycles. The maximum Gasteiger partial charge on any atom is 0.297 e. The first kappa shape index (κ1) is 29.1. The molecule has 0 spiro atoms. The molecule has 6 nitrogen and oxygen atoms in total. The number of amides is 1. The van der Waals surface area contributed by atoms with Crippen molar-refractivity contribution >= 4 is 23.0 Å². The number of hydrogen-bond acceptors (Lipinski definition) is 5. The number of aliphatic hydroxyl groups is 1. The topological polar surface area (TPSA) is 74.5 Å². The third-order valence-corrected chi connectivity index (χ3v) is 6.50. The van der Waals surface area contributed by atoms with E-state index in [1.807, 2.05) is 0 Å². The third kappa shape index (κ3) is 7.19. The number of methoxy groups -OCH3 is 1. The summed E-state index contributed by atoms with van der Waals surface area (Å²) in [4.78, 5) is 24.2. The number of halogens is 4. The first-order valence-electron chi connectivity index (χ1n) is 12.7. The number of ether oxygens (including phenoxy) is 1. The van der Waals surface area contributed by atoms with Crippen LogP contribution in [0.5, 0.6) is 0 Å². The summed E-state index contributed by atoms with van der Waals surface area (Å²) in [5.74, 6) is -4.54. The van der Waals surface area contributed by atoms with E-state index in [0.29, 0.717) is 40.4 Å². The molecule has 1 amide bonds. The van der Waals surface area contributed by atoms with Crippen molar-refractivity contribution in [1.29, 1.82) is 0 Å². The summed E-state index contributed by atoms with van der Waals surface area (Å²) < 4.78 is 59.7. The molecule has 1 unspecified atom stereocenters. The normalized spacial score (nSPS) is 16.0. The summed E-state index contributed by atoms with van der Waals surface area (Å²) in [5, 5.41) is 9.47. The van der Waals surface area contributed by atoms with Gasteiger partial charge < -0.3 is 14.7 Å². The highest BCUT2D eigenvalue weighted by atomic mass is 19.3. The molecule has 4 rings (SSSR count). The van der Waals surface area contributed by atoms with Gasteiger partial charge in [-0.25, -0.2) is 17.6 Å². The Balaban J connectivity index is 1.64. The standard InChI is InChI=1S/C30H29F4N3O3/c1-37(18-19-5-10-22(31)11-6-19)28(38)21-9-14-24-17-25(16-21)35-26(4-3-15-30(33,34)29(39)40-2)27(36-24)20-7-12-23(32)13-8-20/h5-14,16,29,39H,3-4,15,17-18H2,1-2H3. The Morgan fingerprint density at radius 3 is 2.33 bits per heavy atom. The minimum atomic E-state index is -3.46. The van der Waals surface area contributed by atoms with Gasteiger partial charge in [0.1, 0.15) is 11.6 Å². The van der Waals surface area contributed by atoms with Crippen LogP contribution < -0.4 is 0 Å². The molecular weight excluding hydrogens is 526 g/mol. The van der Waals surface area contributed by atoms with Gasteiger partial charge in [-0.05, 0) is 73.0 Å². The van der Waals surface area contributed by atoms with E-state index in [2.05, 4.69) is 4.74 Å². The van der Waals surface area contributed by atoms with E-state index in [9.17, 15) is 27.5 Å². The predicted molar refractivity (Wildman–Crippen MR) is 145 cm³/mol. The first-order valence-corrected chi connectivity index (χ1v) is 12.7. The van der Waals surface area contributed by atoms with Crippen LogP contribution in [0.1, 0.15) is 36.8 Å². The van der Waals surface area contributed by atoms with Crippen molar-refractivity contribution in [2.75, 3.05) is 14.2 Å². The van der Waals surface area contributed by atoms with Crippen molar-refractivity contribution in [3.05, 3.63) is 101 Å². The van der Waals surface area contributed by atoms with Crippen molar-refractivity contribution in [2.45, 2.75) is 44.4 Å². The highest BCUT2D eigenvalue weighted by molar-refractivity contribution is 6.20. The summed E-state index contributed by atoms with van der Waals surface area (Å²) in [6, 6.07) is 11.5. The van der Waals surface area contributed by atoms with Crippen LogP contribution in [0.3, 0.4) is 0 Å². The van der Waals surface area contributed by atoms with Crippen LogP contribution in [0.15, 0.2) is 88.0 Å². The number of fused-ring (bicyclic) bond motifs is 2. The summed E-state index contributed by atoms with van der Waals surface area (Å²) >= 11 is 0. The summed E-state index contributed by atoms with van der Waals surface area (Å²) in [5.41, 5.74) is 3.60. The molecule has 2 bridgehead atoms. The van der Waals surface area contributed by atoms with Gasteiger partial charge in [-0.1, -0.05) is 12.1 Å². The Kier molecular flexibility index (Phi) is 9.11. The lowest BCUT2D eigenvalue weighted by atomic mass is 10.0. The molecular formula is C30H29F4N3O3. The van der Waals surface area contributed by atoms with Crippen LogP contribution in [-0.4, -0.2) is 53.7 Å². The lowest BCUT2D eigenvalue weighted by molar-refractivity contribution is -0.225. The van der Waals surface area contributed by atoms with E-state index in [-0.39, 0.29) is 31.1 Å². The lowest BCUT2D eigenvalue weighted by Crippen LogP contribution is -2.34. The van der Waals surface area contributed by atoms with Crippen molar-refractivity contribution in [1.82, 2.24) is 4.90 Å². The van der Waals surface area contributed by atoms with Crippen molar-refractivity contribution in [3.8, 4) is 0 Å². The van der Waals surface area contributed by atoms with Crippen LogP contribution in [0.25, 0.3) is 5.70 Å². The number of alkyl halides is 2. The van der Waals surface area contributed by atoms with Crippen LogP contribution in [0, 0.1) is 11.6 Å². The van der Waals surface area contributed by atoms with E-state index < -0.39 is 24.5 Å². The average Bonchev–Trinajstić information content (AvgIpc) is 3.24. The number of likely N-dealkylation sites (N-methyl/N-ethyl adjacent to an activating group) is 1. The fourth-order valence-corrected chi connectivity index (χ4v) is 4.38. The van der Waals surface area contributed by atoms with Gasteiger partial charge in [0.05, 0.1) is 11.4 Å². The number of carbonyl (C=O) groups is 1. The van der Waals surface area contributed by atoms with Gasteiger partial charge in [0, 0.05) is 56.1 Å². The second-order valence-electron chi connectivity index (χ2n) is 9.61. The Bertz CT molecular complexity index is 1390. The van der Waals surface area contributed by atoms with Gasteiger partial charge in [-0.3, -0.25) is 14.8 Å². The maximum atomic E-state index is 14.2. The Morgan fingerprint density at radius 1 is 1.02 bits per heavy atom. The predicted octanol–water partition coefficient (Wildman–Crippen LogP) is 5.84. The van der Waals surface area contributed by atoms with Crippen LogP contribution in [-0.2, 0) is 16.1 Å². The minimum absolute atomic E-state index is 0.0408. The summed E-state index contributed by atoms with van der Waals surface area (Å²) in [6.45, 7) is 0.263. The highest BCUT2D eigenvalue weighted by Crippen LogP contribution is 2.32. The summed E-state index contributed by atoms with van der Waals surface area (Å²) in [6.07, 6.45) is 2.44. The molecule has 0 saturated carbocycles. The molecule has 1 N–H and O–H groups in total. The van der Waals surface area contributed by atoms with Gasteiger partial charge in [-0.15, -0.1) is 0 Å². The number of hydrogen-bond donors (Lipinski definition) is 1. The molecule has 1 aliphatic heterocycles. The van der Waals surface area contributed by atoms with Crippen LogP contribution in [0.2, 0.25) is 0 Å². The molecule has 0 aromatic heterocycles. The molecule has 10 heteroatoms. The lowest BCUT2D eigenvalue weighted by Gasteiger charge is -2.21.